The minimum absolute atomic E-state index is 0.204. The Labute approximate surface area is 163 Å². The van der Waals surface area contributed by atoms with Crippen LogP contribution in [0.15, 0.2) is 53.1 Å². The molecule has 3 heterocycles. The lowest BCUT2D eigenvalue weighted by Gasteiger charge is -2.02. The van der Waals surface area contributed by atoms with Gasteiger partial charge in [-0.3, -0.25) is 0 Å². The highest BCUT2D eigenvalue weighted by molar-refractivity contribution is 5.73. The second kappa shape index (κ2) is 8.82. The number of rotatable bonds is 3. The molecular formula is C19H17F3N4O3. The van der Waals surface area contributed by atoms with Crippen molar-refractivity contribution in [2.45, 2.75) is 25.1 Å². The van der Waals surface area contributed by atoms with Gasteiger partial charge in [0.1, 0.15) is 5.69 Å². The number of hydrogen-bond acceptors (Lipinski definition) is 6. The minimum atomic E-state index is -5.08. The second-order valence-corrected chi connectivity index (χ2v) is 6.18. The maximum absolute atomic E-state index is 10.6. The monoisotopic (exact) mass is 406 g/mol. The van der Waals surface area contributed by atoms with Crippen molar-refractivity contribution in [2.75, 3.05) is 6.54 Å². The maximum Gasteiger partial charge on any atom is 0.490 e. The molecule has 0 aliphatic carbocycles. The Morgan fingerprint density at radius 2 is 1.76 bits per heavy atom. The Bertz CT molecular complexity index is 955. The topological polar surface area (TPSA) is 101 Å². The van der Waals surface area contributed by atoms with Crippen LogP contribution in [0.4, 0.5) is 13.2 Å². The predicted octanol–water partition coefficient (Wildman–Crippen LogP) is 3.86. The molecule has 0 radical (unpaired) electrons. The molecule has 0 saturated carbocycles. The summed E-state index contributed by atoms with van der Waals surface area (Å²) in [6, 6.07) is 16.1. The lowest BCUT2D eigenvalue weighted by Crippen LogP contribution is -2.21. The zero-order chi connectivity index (χ0) is 20.9. The summed E-state index contributed by atoms with van der Waals surface area (Å²) in [4.78, 5) is 18.0. The molecule has 152 valence electrons. The van der Waals surface area contributed by atoms with Gasteiger partial charge in [-0.2, -0.15) is 18.2 Å². The second-order valence-electron chi connectivity index (χ2n) is 6.18. The highest BCUT2D eigenvalue weighted by Crippen LogP contribution is 2.25. The fourth-order valence-corrected chi connectivity index (χ4v) is 2.71. The fraction of sp³-hybridized carbons (Fsp3) is 0.263. The number of aromatic nitrogens is 3. The van der Waals surface area contributed by atoms with Gasteiger partial charge >= 0.3 is 12.1 Å². The van der Waals surface area contributed by atoms with Crippen molar-refractivity contribution in [1.82, 2.24) is 20.4 Å². The molecule has 3 aromatic rings. The Morgan fingerprint density at radius 1 is 1.07 bits per heavy atom. The van der Waals surface area contributed by atoms with E-state index in [0.29, 0.717) is 11.6 Å². The van der Waals surface area contributed by atoms with E-state index in [-0.39, 0.29) is 6.04 Å². The SMILES string of the molecule is O=C(O)C(F)(F)F.c1ccc(-c2cccc(-c3nc(C4CCCN4)no3)n2)cc1. The van der Waals surface area contributed by atoms with Crippen molar-refractivity contribution in [1.29, 1.82) is 0 Å². The van der Waals surface area contributed by atoms with Gasteiger partial charge in [0, 0.05) is 5.56 Å². The number of carboxylic acids is 1. The lowest BCUT2D eigenvalue weighted by molar-refractivity contribution is -0.192. The average Bonchev–Trinajstić information content (AvgIpc) is 3.40. The lowest BCUT2D eigenvalue weighted by atomic mass is 10.1. The van der Waals surface area contributed by atoms with Gasteiger partial charge in [0.05, 0.1) is 11.7 Å². The zero-order valence-electron chi connectivity index (χ0n) is 15.1. The molecule has 1 unspecified atom stereocenters. The molecule has 7 nitrogen and oxygen atoms in total. The van der Waals surface area contributed by atoms with Crippen molar-refractivity contribution in [3.05, 3.63) is 54.4 Å². The van der Waals surface area contributed by atoms with Gasteiger partial charge in [-0.05, 0) is 31.5 Å². The van der Waals surface area contributed by atoms with E-state index in [1.165, 1.54) is 0 Å². The van der Waals surface area contributed by atoms with E-state index in [0.717, 1.165) is 36.5 Å². The number of hydrogen-bond donors (Lipinski definition) is 2. The van der Waals surface area contributed by atoms with E-state index in [2.05, 4.69) is 20.4 Å². The number of benzene rings is 1. The van der Waals surface area contributed by atoms with E-state index >= 15 is 0 Å². The summed E-state index contributed by atoms with van der Waals surface area (Å²) >= 11 is 0. The minimum Gasteiger partial charge on any atom is -0.475 e. The van der Waals surface area contributed by atoms with Crippen LogP contribution in [0.5, 0.6) is 0 Å². The number of nitrogens with zero attached hydrogens (tertiary/aromatic N) is 3. The van der Waals surface area contributed by atoms with Crippen LogP contribution >= 0.6 is 0 Å². The summed E-state index contributed by atoms with van der Waals surface area (Å²) in [7, 11) is 0. The van der Waals surface area contributed by atoms with Gasteiger partial charge in [-0.15, -0.1) is 0 Å². The van der Waals surface area contributed by atoms with Gasteiger partial charge in [-0.25, -0.2) is 9.78 Å². The molecule has 2 N–H and O–H groups in total. The molecule has 1 atom stereocenters. The van der Waals surface area contributed by atoms with Crippen LogP contribution in [0.25, 0.3) is 22.8 Å². The standard InChI is InChI=1S/C17H16N4O.C2HF3O2/c1-2-6-12(7-3-1)13-8-4-9-15(19-13)17-20-16(21-22-17)14-10-5-11-18-14;3-2(4,5)1(6)7/h1-4,6-9,14,18H,5,10-11H2;(H,6,7). The number of carboxylic acid groups (broad SMARTS) is 1. The largest absolute Gasteiger partial charge is 0.490 e. The Hall–Kier alpha value is -3.27. The summed E-state index contributed by atoms with van der Waals surface area (Å²) < 4.78 is 37.1. The number of nitrogens with one attached hydrogen (secondary N) is 1. The van der Waals surface area contributed by atoms with Crippen LogP contribution in [0, 0.1) is 0 Å². The number of halogens is 3. The van der Waals surface area contributed by atoms with E-state index in [1.54, 1.807) is 0 Å². The smallest absolute Gasteiger partial charge is 0.475 e. The fourth-order valence-electron chi connectivity index (χ4n) is 2.71. The highest BCUT2D eigenvalue weighted by Gasteiger charge is 2.38. The van der Waals surface area contributed by atoms with E-state index in [4.69, 9.17) is 14.4 Å². The zero-order valence-corrected chi connectivity index (χ0v) is 15.1. The van der Waals surface area contributed by atoms with Gasteiger partial charge in [0.25, 0.3) is 5.89 Å². The van der Waals surface area contributed by atoms with Crippen molar-refractivity contribution in [2.24, 2.45) is 0 Å². The van der Waals surface area contributed by atoms with Crippen molar-refractivity contribution >= 4 is 5.97 Å². The Morgan fingerprint density at radius 3 is 2.38 bits per heavy atom. The highest BCUT2D eigenvalue weighted by atomic mass is 19.4. The van der Waals surface area contributed by atoms with Gasteiger partial charge in [-0.1, -0.05) is 41.6 Å². The quantitative estimate of drug-likeness (QED) is 0.681. The molecule has 2 aromatic heterocycles. The molecule has 1 aliphatic rings. The molecule has 0 bridgehead atoms. The van der Waals surface area contributed by atoms with Gasteiger partial charge < -0.3 is 14.9 Å². The number of aliphatic carboxylic acids is 1. The van der Waals surface area contributed by atoms with Crippen molar-refractivity contribution in [3.8, 4) is 22.8 Å². The summed E-state index contributed by atoms with van der Waals surface area (Å²) in [5, 5.41) is 14.6. The first-order chi connectivity index (χ1) is 13.8. The molecule has 4 rings (SSSR count). The predicted molar refractivity (Wildman–Crippen MR) is 96.6 cm³/mol. The molecule has 1 aliphatic heterocycles. The normalized spacial score (nSPS) is 16.2. The summed E-state index contributed by atoms with van der Waals surface area (Å²) in [6.45, 7) is 1.01. The van der Waals surface area contributed by atoms with Crippen LogP contribution in [0.1, 0.15) is 24.7 Å². The van der Waals surface area contributed by atoms with E-state index in [9.17, 15) is 13.2 Å². The molecular weight excluding hydrogens is 389 g/mol. The van der Waals surface area contributed by atoms with Crippen molar-refractivity contribution < 1.29 is 27.6 Å². The van der Waals surface area contributed by atoms with E-state index < -0.39 is 12.1 Å². The van der Waals surface area contributed by atoms with Crippen LogP contribution in [-0.4, -0.2) is 38.9 Å². The molecule has 1 fully saturated rings. The maximum atomic E-state index is 10.6. The number of alkyl halides is 3. The van der Waals surface area contributed by atoms with Gasteiger partial charge in [0.2, 0.25) is 0 Å². The number of pyridine rings is 1. The molecule has 29 heavy (non-hydrogen) atoms. The third kappa shape index (κ3) is 5.38. The Balaban J connectivity index is 0.000000298. The first-order valence-corrected chi connectivity index (χ1v) is 8.74. The molecule has 1 saturated heterocycles. The van der Waals surface area contributed by atoms with Crippen LogP contribution in [-0.2, 0) is 4.79 Å². The van der Waals surface area contributed by atoms with Crippen LogP contribution in [0.3, 0.4) is 0 Å². The third-order valence-electron chi connectivity index (χ3n) is 4.09. The molecule has 0 spiro atoms. The molecule has 1 aromatic carbocycles. The average molecular weight is 406 g/mol. The number of carbonyl (C=O) groups is 1. The summed E-state index contributed by atoms with van der Waals surface area (Å²) in [5.74, 6) is -1.56. The van der Waals surface area contributed by atoms with E-state index in [1.807, 2.05) is 48.5 Å². The molecule has 10 heteroatoms. The first-order valence-electron chi connectivity index (χ1n) is 8.74. The summed E-state index contributed by atoms with van der Waals surface area (Å²) in [6.07, 6.45) is -2.88. The van der Waals surface area contributed by atoms with Crippen LogP contribution < -0.4 is 5.32 Å². The van der Waals surface area contributed by atoms with Gasteiger partial charge in [0.15, 0.2) is 5.82 Å². The van der Waals surface area contributed by atoms with Crippen LogP contribution in [0.2, 0.25) is 0 Å². The first kappa shape index (κ1) is 20.5. The van der Waals surface area contributed by atoms with Crippen molar-refractivity contribution in [3.63, 3.8) is 0 Å². The molecule has 0 amide bonds. The third-order valence-corrected chi connectivity index (χ3v) is 4.09. The Kier molecular flexibility index (Phi) is 6.23. The summed E-state index contributed by atoms with van der Waals surface area (Å²) in [5.41, 5.74) is 2.68.